The normalized spacial score (nSPS) is 11.4. The SMILES string of the molecule is C[C@@H](Oc1ccccc1C#N)C(=O)c1ccc(Cl)cc1. The molecule has 2 aromatic rings. The fourth-order valence-electron chi connectivity index (χ4n) is 1.75. The second kappa shape index (κ2) is 6.23. The van der Waals surface area contributed by atoms with Crippen LogP contribution in [0.15, 0.2) is 48.5 Å². The number of carbonyl (C=O) groups is 1. The number of ether oxygens (including phenoxy) is 1. The molecule has 0 N–H and O–H groups in total. The van der Waals surface area contributed by atoms with Crippen LogP contribution >= 0.6 is 11.6 Å². The summed E-state index contributed by atoms with van der Waals surface area (Å²) in [6, 6.07) is 15.5. The Morgan fingerprint density at radius 2 is 1.85 bits per heavy atom. The van der Waals surface area contributed by atoms with Crippen molar-refractivity contribution in [1.29, 1.82) is 5.26 Å². The van der Waals surface area contributed by atoms with E-state index in [-0.39, 0.29) is 5.78 Å². The van der Waals surface area contributed by atoms with Crippen molar-refractivity contribution in [1.82, 2.24) is 0 Å². The smallest absolute Gasteiger partial charge is 0.202 e. The summed E-state index contributed by atoms with van der Waals surface area (Å²) in [5.41, 5.74) is 0.930. The molecule has 0 unspecified atom stereocenters. The van der Waals surface area contributed by atoms with Crippen molar-refractivity contribution in [3.05, 3.63) is 64.7 Å². The maximum atomic E-state index is 12.2. The first-order valence-electron chi connectivity index (χ1n) is 6.07. The van der Waals surface area contributed by atoms with Gasteiger partial charge < -0.3 is 4.74 Å². The fraction of sp³-hybridized carbons (Fsp3) is 0.125. The third-order valence-electron chi connectivity index (χ3n) is 2.81. The quantitative estimate of drug-likeness (QED) is 0.802. The molecule has 100 valence electrons. The first kappa shape index (κ1) is 14.1. The topological polar surface area (TPSA) is 50.1 Å². The molecule has 0 aliphatic carbocycles. The summed E-state index contributed by atoms with van der Waals surface area (Å²) in [7, 11) is 0. The van der Waals surface area contributed by atoms with Gasteiger partial charge >= 0.3 is 0 Å². The number of hydrogen-bond acceptors (Lipinski definition) is 3. The lowest BCUT2D eigenvalue weighted by Gasteiger charge is -2.14. The number of carbonyl (C=O) groups excluding carboxylic acids is 1. The Kier molecular flexibility index (Phi) is 4.39. The summed E-state index contributed by atoms with van der Waals surface area (Å²) in [6.45, 7) is 1.66. The van der Waals surface area contributed by atoms with Crippen molar-refractivity contribution < 1.29 is 9.53 Å². The highest BCUT2D eigenvalue weighted by Gasteiger charge is 2.18. The zero-order chi connectivity index (χ0) is 14.5. The van der Waals surface area contributed by atoms with Gasteiger partial charge in [0.2, 0.25) is 5.78 Å². The van der Waals surface area contributed by atoms with Crippen LogP contribution in [0.1, 0.15) is 22.8 Å². The molecule has 0 aromatic heterocycles. The van der Waals surface area contributed by atoms with Crippen molar-refractivity contribution in [2.24, 2.45) is 0 Å². The highest BCUT2D eigenvalue weighted by Crippen LogP contribution is 2.20. The number of nitrogens with zero attached hydrogens (tertiary/aromatic N) is 1. The van der Waals surface area contributed by atoms with Crippen LogP contribution in [-0.2, 0) is 0 Å². The van der Waals surface area contributed by atoms with E-state index in [0.29, 0.717) is 21.9 Å². The van der Waals surface area contributed by atoms with Gasteiger partial charge in [-0.2, -0.15) is 5.26 Å². The molecular formula is C16H12ClNO2. The van der Waals surface area contributed by atoms with E-state index in [1.807, 2.05) is 6.07 Å². The molecule has 0 fully saturated rings. The molecule has 0 bridgehead atoms. The van der Waals surface area contributed by atoms with Crippen LogP contribution in [0.4, 0.5) is 0 Å². The number of hydrogen-bond donors (Lipinski definition) is 0. The molecule has 2 rings (SSSR count). The zero-order valence-electron chi connectivity index (χ0n) is 10.8. The molecule has 0 saturated heterocycles. The molecule has 0 heterocycles. The molecule has 1 atom stereocenters. The Bertz CT molecular complexity index is 659. The molecule has 4 heteroatoms. The second-order valence-corrected chi connectivity index (χ2v) is 4.68. The van der Waals surface area contributed by atoms with Gasteiger partial charge in [-0.1, -0.05) is 23.7 Å². The summed E-state index contributed by atoms with van der Waals surface area (Å²) in [5, 5.41) is 9.56. The van der Waals surface area contributed by atoms with Gasteiger partial charge in [0.25, 0.3) is 0 Å². The van der Waals surface area contributed by atoms with Crippen LogP contribution in [0.3, 0.4) is 0 Å². The van der Waals surface area contributed by atoms with E-state index in [0.717, 1.165) is 0 Å². The Labute approximate surface area is 122 Å². The van der Waals surface area contributed by atoms with E-state index in [1.54, 1.807) is 55.5 Å². The van der Waals surface area contributed by atoms with Gasteiger partial charge in [0.15, 0.2) is 6.10 Å². The molecule has 2 aromatic carbocycles. The number of para-hydroxylation sites is 1. The number of rotatable bonds is 4. The Morgan fingerprint density at radius 1 is 1.20 bits per heavy atom. The van der Waals surface area contributed by atoms with Crippen molar-refractivity contribution in [3.8, 4) is 11.8 Å². The van der Waals surface area contributed by atoms with Crippen LogP contribution in [0.25, 0.3) is 0 Å². The minimum atomic E-state index is -0.675. The number of benzene rings is 2. The average molecular weight is 286 g/mol. The molecule has 0 aliphatic rings. The van der Waals surface area contributed by atoms with E-state index >= 15 is 0 Å². The van der Waals surface area contributed by atoms with Crippen LogP contribution in [-0.4, -0.2) is 11.9 Å². The second-order valence-electron chi connectivity index (χ2n) is 4.24. The predicted molar refractivity (Wildman–Crippen MR) is 77.0 cm³/mol. The summed E-state index contributed by atoms with van der Waals surface area (Å²) < 4.78 is 5.58. The zero-order valence-corrected chi connectivity index (χ0v) is 11.6. The molecule has 0 aliphatic heterocycles. The van der Waals surface area contributed by atoms with Crippen LogP contribution < -0.4 is 4.74 Å². The van der Waals surface area contributed by atoms with E-state index in [4.69, 9.17) is 21.6 Å². The van der Waals surface area contributed by atoms with E-state index < -0.39 is 6.10 Å². The Morgan fingerprint density at radius 3 is 2.50 bits per heavy atom. The molecule has 0 saturated carbocycles. The van der Waals surface area contributed by atoms with Gasteiger partial charge in [0, 0.05) is 10.6 Å². The highest BCUT2D eigenvalue weighted by atomic mass is 35.5. The number of nitriles is 1. The third-order valence-corrected chi connectivity index (χ3v) is 3.06. The Hall–Kier alpha value is -2.31. The minimum absolute atomic E-state index is 0.158. The Balaban J connectivity index is 2.16. The molecular weight excluding hydrogens is 274 g/mol. The first-order valence-corrected chi connectivity index (χ1v) is 6.45. The van der Waals surface area contributed by atoms with Crippen LogP contribution in [0, 0.1) is 11.3 Å². The van der Waals surface area contributed by atoms with E-state index in [9.17, 15) is 4.79 Å². The summed E-state index contributed by atoms with van der Waals surface area (Å²) >= 11 is 5.79. The lowest BCUT2D eigenvalue weighted by atomic mass is 10.1. The summed E-state index contributed by atoms with van der Waals surface area (Å²) in [6.07, 6.45) is -0.675. The molecule has 0 radical (unpaired) electrons. The minimum Gasteiger partial charge on any atom is -0.481 e. The molecule has 3 nitrogen and oxygen atoms in total. The van der Waals surface area contributed by atoms with E-state index in [1.165, 1.54) is 0 Å². The van der Waals surface area contributed by atoms with Gasteiger partial charge in [0.05, 0.1) is 5.56 Å². The van der Waals surface area contributed by atoms with Gasteiger partial charge in [-0.25, -0.2) is 0 Å². The predicted octanol–water partition coefficient (Wildman–Crippen LogP) is 3.86. The first-order chi connectivity index (χ1) is 9.61. The fourth-order valence-corrected chi connectivity index (χ4v) is 1.88. The van der Waals surface area contributed by atoms with E-state index in [2.05, 4.69) is 0 Å². The number of ketones is 1. The molecule has 0 spiro atoms. The average Bonchev–Trinajstić information content (AvgIpc) is 2.48. The van der Waals surface area contributed by atoms with Crippen molar-refractivity contribution >= 4 is 17.4 Å². The summed E-state index contributed by atoms with van der Waals surface area (Å²) in [5.74, 6) is 0.249. The lowest BCUT2D eigenvalue weighted by molar-refractivity contribution is 0.0818. The summed E-state index contributed by atoms with van der Waals surface area (Å²) in [4.78, 5) is 12.2. The molecule has 0 amide bonds. The van der Waals surface area contributed by atoms with Crippen molar-refractivity contribution in [3.63, 3.8) is 0 Å². The van der Waals surface area contributed by atoms with Gasteiger partial charge in [0.1, 0.15) is 11.8 Å². The third kappa shape index (κ3) is 3.17. The lowest BCUT2D eigenvalue weighted by Crippen LogP contribution is -2.24. The molecule has 20 heavy (non-hydrogen) atoms. The maximum Gasteiger partial charge on any atom is 0.202 e. The van der Waals surface area contributed by atoms with Crippen molar-refractivity contribution in [2.75, 3.05) is 0 Å². The largest absolute Gasteiger partial charge is 0.481 e. The highest BCUT2D eigenvalue weighted by molar-refractivity contribution is 6.30. The van der Waals surface area contributed by atoms with Crippen LogP contribution in [0.2, 0.25) is 5.02 Å². The van der Waals surface area contributed by atoms with Gasteiger partial charge in [-0.05, 0) is 43.3 Å². The number of halogens is 1. The van der Waals surface area contributed by atoms with Gasteiger partial charge in [-0.3, -0.25) is 4.79 Å². The maximum absolute atomic E-state index is 12.2. The van der Waals surface area contributed by atoms with Gasteiger partial charge in [-0.15, -0.1) is 0 Å². The standard InChI is InChI=1S/C16H12ClNO2/c1-11(16(19)12-6-8-14(17)9-7-12)20-15-5-3-2-4-13(15)10-18/h2-9,11H,1H3/t11-/m1/s1. The monoisotopic (exact) mass is 285 g/mol. The van der Waals surface area contributed by atoms with Crippen LogP contribution in [0.5, 0.6) is 5.75 Å². The number of Topliss-reactive ketones (excluding diaryl/α,β-unsaturated/α-hetero) is 1. The van der Waals surface area contributed by atoms with Crippen molar-refractivity contribution in [2.45, 2.75) is 13.0 Å².